The molecule has 0 bridgehead atoms. The van der Waals surface area contributed by atoms with E-state index < -0.39 is 0 Å². The predicted octanol–water partition coefficient (Wildman–Crippen LogP) is 3.58. The summed E-state index contributed by atoms with van der Waals surface area (Å²) in [6.07, 6.45) is -0.127. The summed E-state index contributed by atoms with van der Waals surface area (Å²) in [4.78, 5) is 4.49. The van der Waals surface area contributed by atoms with E-state index in [1.54, 1.807) is 7.11 Å². The van der Waals surface area contributed by atoms with E-state index >= 15 is 0 Å². The SMILES string of the molecule is COc1cccc([C@@H]2Cn3nnc(-c4nc(-c5ccc(C)cc5)no4)c3CO2)c1. The van der Waals surface area contributed by atoms with Crippen molar-refractivity contribution in [2.75, 3.05) is 7.11 Å². The molecule has 2 aromatic heterocycles. The van der Waals surface area contributed by atoms with Gasteiger partial charge in [-0.15, -0.1) is 5.10 Å². The van der Waals surface area contributed by atoms with Crippen LogP contribution >= 0.6 is 0 Å². The number of nitrogens with zero attached hydrogens (tertiary/aromatic N) is 5. The van der Waals surface area contributed by atoms with Gasteiger partial charge in [0, 0.05) is 5.56 Å². The Bertz CT molecular complexity index is 1150. The third kappa shape index (κ3) is 3.27. The lowest BCUT2D eigenvalue weighted by molar-refractivity contribution is -0.00127. The number of aryl methyl sites for hydroxylation is 1. The molecule has 29 heavy (non-hydrogen) atoms. The molecule has 8 heteroatoms. The predicted molar refractivity (Wildman–Crippen MR) is 104 cm³/mol. The summed E-state index contributed by atoms with van der Waals surface area (Å²) in [6.45, 7) is 2.94. The second kappa shape index (κ2) is 7.14. The molecule has 0 fully saturated rings. The fourth-order valence-corrected chi connectivity index (χ4v) is 3.36. The maximum Gasteiger partial charge on any atom is 0.280 e. The standard InChI is InChI=1S/C21H19N5O3/c1-13-6-8-14(9-7-13)20-22-21(29-24-20)19-17-12-28-18(11-26(17)25-23-19)15-4-3-5-16(10-15)27-2/h3-10,18H,11-12H2,1-2H3/t18-/m0/s1. The molecule has 4 aromatic rings. The second-order valence-corrected chi connectivity index (χ2v) is 6.93. The Morgan fingerprint density at radius 2 is 2.00 bits per heavy atom. The highest BCUT2D eigenvalue weighted by Crippen LogP contribution is 2.32. The highest BCUT2D eigenvalue weighted by atomic mass is 16.5. The van der Waals surface area contributed by atoms with Gasteiger partial charge in [-0.3, -0.25) is 0 Å². The molecule has 0 saturated carbocycles. The fraction of sp³-hybridized carbons (Fsp3) is 0.238. The van der Waals surface area contributed by atoms with Crippen molar-refractivity contribution >= 4 is 0 Å². The van der Waals surface area contributed by atoms with E-state index in [1.807, 2.05) is 60.1 Å². The average Bonchev–Trinajstić information content (AvgIpc) is 3.41. The zero-order valence-corrected chi connectivity index (χ0v) is 16.1. The zero-order chi connectivity index (χ0) is 19.8. The van der Waals surface area contributed by atoms with E-state index in [-0.39, 0.29) is 6.10 Å². The van der Waals surface area contributed by atoms with E-state index in [0.717, 1.165) is 22.6 Å². The number of hydrogen-bond donors (Lipinski definition) is 0. The zero-order valence-electron chi connectivity index (χ0n) is 16.1. The quantitative estimate of drug-likeness (QED) is 0.527. The average molecular weight is 389 g/mol. The number of methoxy groups -OCH3 is 1. The van der Waals surface area contributed by atoms with Gasteiger partial charge in [-0.25, -0.2) is 4.68 Å². The van der Waals surface area contributed by atoms with E-state index in [1.165, 1.54) is 5.56 Å². The Labute approximate surface area is 167 Å². The van der Waals surface area contributed by atoms with Gasteiger partial charge in [-0.2, -0.15) is 4.98 Å². The van der Waals surface area contributed by atoms with Crippen LogP contribution in [-0.4, -0.2) is 32.2 Å². The summed E-state index contributed by atoms with van der Waals surface area (Å²) in [7, 11) is 1.65. The smallest absolute Gasteiger partial charge is 0.280 e. The van der Waals surface area contributed by atoms with Gasteiger partial charge >= 0.3 is 0 Å². The molecule has 146 valence electrons. The van der Waals surface area contributed by atoms with E-state index in [9.17, 15) is 0 Å². The summed E-state index contributed by atoms with van der Waals surface area (Å²) in [5, 5.41) is 12.6. The van der Waals surface area contributed by atoms with E-state index in [2.05, 4.69) is 20.5 Å². The summed E-state index contributed by atoms with van der Waals surface area (Å²) >= 11 is 0. The third-order valence-corrected chi connectivity index (χ3v) is 5.00. The van der Waals surface area contributed by atoms with Crippen LogP contribution < -0.4 is 4.74 Å². The van der Waals surface area contributed by atoms with Gasteiger partial charge in [-0.05, 0) is 24.6 Å². The van der Waals surface area contributed by atoms with Crippen molar-refractivity contribution < 1.29 is 14.0 Å². The number of ether oxygens (including phenoxy) is 2. The van der Waals surface area contributed by atoms with Crippen molar-refractivity contribution in [3.05, 3.63) is 65.4 Å². The van der Waals surface area contributed by atoms with Gasteiger partial charge in [0.15, 0.2) is 5.69 Å². The van der Waals surface area contributed by atoms with Crippen LogP contribution in [0, 0.1) is 6.92 Å². The molecule has 0 amide bonds. The van der Waals surface area contributed by atoms with E-state index in [0.29, 0.717) is 30.6 Å². The Kier molecular flexibility index (Phi) is 4.33. The molecule has 0 radical (unpaired) electrons. The number of hydrogen-bond acceptors (Lipinski definition) is 7. The first-order valence-corrected chi connectivity index (χ1v) is 9.30. The molecule has 1 aliphatic rings. The van der Waals surface area contributed by atoms with Crippen molar-refractivity contribution in [1.29, 1.82) is 0 Å². The van der Waals surface area contributed by atoms with Gasteiger partial charge in [-0.1, -0.05) is 52.3 Å². The minimum Gasteiger partial charge on any atom is -0.497 e. The number of fused-ring (bicyclic) bond motifs is 1. The lowest BCUT2D eigenvalue weighted by atomic mass is 10.1. The number of benzene rings is 2. The minimum atomic E-state index is -0.127. The van der Waals surface area contributed by atoms with Crippen molar-refractivity contribution in [2.45, 2.75) is 26.2 Å². The van der Waals surface area contributed by atoms with E-state index in [4.69, 9.17) is 14.0 Å². The number of aromatic nitrogens is 5. The molecular weight excluding hydrogens is 370 g/mol. The van der Waals surface area contributed by atoms with Crippen LogP contribution in [0.15, 0.2) is 53.1 Å². The van der Waals surface area contributed by atoms with Crippen molar-refractivity contribution in [1.82, 2.24) is 25.1 Å². The maximum atomic E-state index is 6.07. The van der Waals surface area contributed by atoms with Crippen molar-refractivity contribution in [3.8, 4) is 28.7 Å². The topological polar surface area (TPSA) is 88.1 Å². The summed E-state index contributed by atoms with van der Waals surface area (Å²) < 4.78 is 18.7. The molecule has 0 unspecified atom stereocenters. The van der Waals surface area contributed by atoms with Crippen LogP contribution in [0.2, 0.25) is 0 Å². The van der Waals surface area contributed by atoms with Crippen LogP contribution in [0.5, 0.6) is 5.75 Å². The van der Waals surface area contributed by atoms with Crippen LogP contribution in [0.25, 0.3) is 23.0 Å². The Morgan fingerprint density at radius 3 is 2.83 bits per heavy atom. The lowest BCUT2D eigenvalue weighted by Crippen LogP contribution is -2.22. The summed E-state index contributed by atoms with van der Waals surface area (Å²) in [6, 6.07) is 15.8. The molecule has 0 N–H and O–H groups in total. The summed E-state index contributed by atoms with van der Waals surface area (Å²) in [5.41, 5.74) is 4.48. The number of rotatable bonds is 4. The van der Waals surface area contributed by atoms with Crippen molar-refractivity contribution in [3.63, 3.8) is 0 Å². The Morgan fingerprint density at radius 1 is 1.14 bits per heavy atom. The first-order valence-electron chi connectivity index (χ1n) is 9.30. The molecule has 0 spiro atoms. The molecule has 0 aliphatic carbocycles. The third-order valence-electron chi connectivity index (χ3n) is 5.00. The molecule has 3 heterocycles. The largest absolute Gasteiger partial charge is 0.497 e. The van der Waals surface area contributed by atoms with Gasteiger partial charge < -0.3 is 14.0 Å². The first kappa shape index (κ1) is 17.6. The Hall–Kier alpha value is -3.52. The van der Waals surface area contributed by atoms with Crippen LogP contribution in [0.1, 0.15) is 22.9 Å². The molecule has 5 rings (SSSR count). The highest BCUT2D eigenvalue weighted by Gasteiger charge is 2.28. The maximum absolute atomic E-state index is 6.07. The second-order valence-electron chi connectivity index (χ2n) is 6.93. The fourth-order valence-electron chi connectivity index (χ4n) is 3.36. The molecule has 2 aromatic carbocycles. The van der Waals surface area contributed by atoms with Gasteiger partial charge in [0.2, 0.25) is 5.82 Å². The molecule has 1 aliphatic heterocycles. The van der Waals surface area contributed by atoms with Gasteiger partial charge in [0.25, 0.3) is 5.89 Å². The molecular formula is C21H19N5O3. The van der Waals surface area contributed by atoms with Crippen LogP contribution in [0.4, 0.5) is 0 Å². The molecule has 0 saturated heterocycles. The molecule has 1 atom stereocenters. The molecule has 8 nitrogen and oxygen atoms in total. The van der Waals surface area contributed by atoms with Gasteiger partial charge in [0.1, 0.15) is 11.9 Å². The Balaban J connectivity index is 1.40. The normalized spacial score (nSPS) is 15.9. The highest BCUT2D eigenvalue weighted by molar-refractivity contribution is 5.59. The lowest BCUT2D eigenvalue weighted by Gasteiger charge is -2.24. The first-order chi connectivity index (χ1) is 14.2. The van der Waals surface area contributed by atoms with Crippen molar-refractivity contribution in [2.24, 2.45) is 0 Å². The van der Waals surface area contributed by atoms with Crippen LogP contribution in [-0.2, 0) is 17.9 Å². The van der Waals surface area contributed by atoms with Crippen LogP contribution in [0.3, 0.4) is 0 Å². The summed E-state index contributed by atoms with van der Waals surface area (Å²) in [5.74, 6) is 1.66. The monoisotopic (exact) mass is 389 g/mol. The van der Waals surface area contributed by atoms with Gasteiger partial charge in [0.05, 0.1) is 26.0 Å². The minimum absolute atomic E-state index is 0.127.